The van der Waals surface area contributed by atoms with Crippen LogP contribution in [0.5, 0.6) is 0 Å². The Hall–Kier alpha value is -3.66. The molecule has 1 N–H and O–H groups in total. The summed E-state index contributed by atoms with van der Waals surface area (Å²) in [7, 11) is 0. The molecule has 1 unspecified atom stereocenters. The molecule has 5 rings (SSSR count). The largest absolute Gasteiger partial charge is 0.419 e. The number of amides is 2. The Balaban J connectivity index is 1.53. The lowest BCUT2D eigenvalue weighted by Gasteiger charge is -2.30. The van der Waals surface area contributed by atoms with Crippen LogP contribution < -0.4 is 10.2 Å². The molecule has 146 valence electrons. The van der Waals surface area contributed by atoms with Gasteiger partial charge in [0.25, 0.3) is 5.91 Å². The van der Waals surface area contributed by atoms with Crippen molar-refractivity contribution in [3.63, 3.8) is 0 Å². The van der Waals surface area contributed by atoms with Crippen molar-refractivity contribution in [2.24, 2.45) is 0 Å². The third-order valence-electron chi connectivity index (χ3n) is 4.90. The van der Waals surface area contributed by atoms with Gasteiger partial charge < -0.3 is 15.0 Å². The molecule has 5 heterocycles. The van der Waals surface area contributed by atoms with E-state index in [2.05, 4.69) is 25.3 Å². The van der Waals surface area contributed by atoms with Crippen LogP contribution >= 0.6 is 0 Å². The number of rotatable bonds is 2. The van der Waals surface area contributed by atoms with Gasteiger partial charge in [0.1, 0.15) is 11.5 Å². The number of aromatic nitrogens is 4. The standard InChI is InChI=1S/C19H17N7O3/c27-17-14-15(22-7-6-21-14)18(29-19(28)25-10-8-20-9-11-25)26(17)13-4-3-12-2-1-5-23-16(12)24-13/h1-7,18,20H,8-11H2. The van der Waals surface area contributed by atoms with E-state index in [-0.39, 0.29) is 5.69 Å². The van der Waals surface area contributed by atoms with E-state index in [1.807, 2.05) is 18.2 Å². The molecular formula is C19H17N7O3. The average molecular weight is 391 g/mol. The van der Waals surface area contributed by atoms with Gasteiger partial charge in [-0.1, -0.05) is 0 Å². The summed E-state index contributed by atoms with van der Waals surface area (Å²) in [5.41, 5.74) is 0.930. The summed E-state index contributed by atoms with van der Waals surface area (Å²) in [6.45, 7) is 2.45. The second-order valence-electron chi connectivity index (χ2n) is 6.66. The van der Waals surface area contributed by atoms with Gasteiger partial charge >= 0.3 is 6.09 Å². The fourth-order valence-corrected chi connectivity index (χ4v) is 3.46. The van der Waals surface area contributed by atoms with Gasteiger partial charge in [0, 0.05) is 50.2 Å². The highest BCUT2D eigenvalue weighted by molar-refractivity contribution is 6.09. The van der Waals surface area contributed by atoms with Gasteiger partial charge in [-0.2, -0.15) is 0 Å². The van der Waals surface area contributed by atoms with Gasteiger partial charge in [-0.15, -0.1) is 0 Å². The molecule has 0 radical (unpaired) electrons. The Morgan fingerprint density at radius 1 is 1.07 bits per heavy atom. The lowest BCUT2D eigenvalue weighted by molar-refractivity contribution is 0.0565. The molecule has 1 fully saturated rings. The molecule has 0 saturated carbocycles. The second-order valence-corrected chi connectivity index (χ2v) is 6.66. The van der Waals surface area contributed by atoms with E-state index < -0.39 is 18.2 Å². The Morgan fingerprint density at radius 3 is 2.76 bits per heavy atom. The van der Waals surface area contributed by atoms with Crippen molar-refractivity contribution in [1.29, 1.82) is 0 Å². The Morgan fingerprint density at radius 2 is 1.90 bits per heavy atom. The second kappa shape index (κ2) is 7.06. The Labute approximate surface area is 165 Å². The van der Waals surface area contributed by atoms with Crippen molar-refractivity contribution in [3.8, 4) is 0 Å². The first-order valence-electron chi connectivity index (χ1n) is 9.25. The van der Waals surface area contributed by atoms with Crippen molar-refractivity contribution in [2.45, 2.75) is 6.23 Å². The lowest BCUT2D eigenvalue weighted by atomic mass is 10.3. The van der Waals surface area contributed by atoms with Crippen LogP contribution in [0.2, 0.25) is 0 Å². The molecule has 10 nitrogen and oxygen atoms in total. The topological polar surface area (TPSA) is 113 Å². The zero-order valence-electron chi connectivity index (χ0n) is 15.4. The molecule has 2 aliphatic heterocycles. The van der Waals surface area contributed by atoms with Crippen LogP contribution in [0, 0.1) is 0 Å². The molecule has 29 heavy (non-hydrogen) atoms. The third-order valence-corrected chi connectivity index (χ3v) is 4.90. The maximum atomic E-state index is 13.0. The number of carbonyl (C=O) groups excluding carboxylic acids is 2. The van der Waals surface area contributed by atoms with Crippen molar-refractivity contribution in [1.82, 2.24) is 30.2 Å². The molecule has 3 aromatic heterocycles. The van der Waals surface area contributed by atoms with E-state index in [0.29, 0.717) is 43.3 Å². The first kappa shape index (κ1) is 17.4. The van der Waals surface area contributed by atoms with E-state index in [4.69, 9.17) is 4.74 Å². The number of piperazine rings is 1. The van der Waals surface area contributed by atoms with Crippen molar-refractivity contribution >= 4 is 28.9 Å². The van der Waals surface area contributed by atoms with E-state index in [9.17, 15) is 9.59 Å². The number of nitrogens with one attached hydrogen (secondary N) is 1. The molecular weight excluding hydrogens is 374 g/mol. The normalized spacial score (nSPS) is 18.8. The molecule has 0 aromatic carbocycles. The molecule has 1 saturated heterocycles. The minimum atomic E-state index is -1.04. The van der Waals surface area contributed by atoms with Crippen molar-refractivity contribution in [2.75, 3.05) is 31.1 Å². The molecule has 2 aliphatic rings. The maximum Gasteiger partial charge on any atom is 0.412 e. The summed E-state index contributed by atoms with van der Waals surface area (Å²) in [6, 6.07) is 7.20. The number of anilines is 1. The van der Waals surface area contributed by atoms with Crippen LogP contribution in [-0.2, 0) is 4.74 Å². The predicted molar refractivity (Wildman–Crippen MR) is 102 cm³/mol. The smallest absolute Gasteiger partial charge is 0.412 e. The quantitative estimate of drug-likeness (QED) is 0.691. The molecule has 2 amide bonds. The SMILES string of the molecule is O=C(OC1c2nccnc2C(=O)N1c1ccc2cccnc2n1)N1CCNCC1. The minimum absolute atomic E-state index is 0.147. The number of carbonyl (C=O) groups is 2. The number of fused-ring (bicyclic) bond motifs is 2. The maximum absolute atomic E-state index is 13.0. The van der Waals surface area contributed by atoms with Crippen molar-refractivity contribution in [3.05, 3.63) is 54.2 Å². The Bertz CT molecular complexity index is 1100. The number of hydrogen-bond acceptors (Lipinski definition) is 8. The van der Waals surface area contributed by atoms with Gasteiger partial charge in [-0.25, -0.2) is 24.6 Å². The molecule has 10 heteroatoms. The van der Waals surface area contributed by atoms with Crippen molar-refractivity contribution < 1.29 is 14.3 Å². The van der Waals surface area contributed by atoms with Crippen LogP contribution in [0.25, 0.3) is 11.0 Å². The predicted octanol–water partition coefficient (Wildman–Crippen LogP) is 1.12. The van der Waals surface area contributed by atoms with Gasteiger partial charge in [0.05, 0.1) is 0 Å². The molecule has 0 bridgehead atoms. The van der Waals surface area contributed by atoms with Crippen LogP contribution in [0.1, 0.15) is 22.4 Å². The number of nitrogens with zero attached hydrogens (tertiary/aromatic N) is 6. The summed E-state index contributed by atoms with van der Waals surface area (Å²) in [5, 5.41) is 4.02. The van der Waals surface area contributed by atoms with E-state index in [0.717, 1.165) is 5.39 Å². The fraction of sp³-hybridized carbons (Fsp3) is 0.263. The van der Waals surface area contributed by atoms with E-state index >= 15 is 0 Å². The molecule has 3 aromatic rings. The Kier molecular flexibility index (Phi) is 4.24. The van der Waals surface area contributed by atoms with E-state index in [1.54, 1.807) is 17.2 Å². The minimum Gasteiger partial charge on any atom is -0.419 e. The van der Waals surface area contributed by atoms with Gasteiger partial charge in [0.15, 0.2) is 11.3 Å². The van der Waals surface area contributed by atoms with Gasteiger partial charge in [-0.05, 0) is 24.3 Å². The first-order chi connectivity index (χ1) is 14.2. The van der Waals surface area contributed by atoms with Gasteiger partial charge in [0.2, 0.25) is 6.23 Å². The lowest BCUT2D eigenvalue weighted by Crippen LogP contribution is -2.47. The average Bonchev–Trinajstić information content (AvgIpc) is 3.06. The summed E-state index contributed by atoms with van der Waals surface area (Å²) < 4.78 is 5.73. The van der Waals surface area contributed by atoms with Crippen LogP contribution in [-0.4, -0.2) is 63.0 Å². The number of pyridine rings is 2. The van der Waals surface area contributed by atoms with E-state index in [1.165, 1.54) is 17.3 Å². The molecule has 0 spiro atoms. The highest BCUT2D eigenvalue weighted by Gasteiger charge is 2.44. The summed E-state index contributed by atoms with van der Waals surface area (Å²) in [4.78, 5) is 45.8. The zero-order chi connectivity index (χ0) is 19.8. The first-order valence-corrected chi connectivity index (χ1v) is 9.25. The summed E-state index contributed by atoms with van der Waals surface area (Å²) in [6.07, 6.45) is 2.99. The van der Waals surface area contributed by atoms with Crippen LogP contribution in [0.15, 0.2) is 42.9 Å². The zero-order valence-corrected chi connectivity index (χ0v) is 15.4. The molecule has 1 atom stereocenters. The van der Waals surface area contributed by atoms with Gasteiger partial charge in [-0.3, -0.25) is 9.78 Å². The number of ether oxygens (including phenoxy) is 1. The number of hydrogen-bond donors (Lipinski definition) is 1. The summed E-state index contributed by atoms with van der Waals surface area (Å²) >= 11 is 0. The van der Waals surface area contributed by atoms with Crippen LogP contribution in [0.4, 0.5) is 10.6 Å². The van der Waals surface area contributed by atoms with Crippen LogP contribution in [0.3, 0.4) is 0 Å². The monoisotopic (exact) mass is 391 g/mol. The summed E-state index contributed by atoms with van der Waals surface area (Å²) in [5.74, 6) is -0.104. The third kappa shape index (κ3) is 3.03. The highest BCUT2D eigenvalue weighted by Crippen LogP contribution is 2.36. The fourth-order valence-electron chi connectivity index (χ4n) is 3.46. The highest BCUT2D eigenvalue weighted by atomic mass is 16.6. The molecule has 0 aliphatic carbocycles.